The van der Waals surface area contributed by atoms with Crippen molar-refractivity contribution >= 4 is 18.7 Å². The van der Waals surface area contributed by atoms with Gasteiger partial charge in [0.15, 0.2) is 0 Å². The molecule has 2 aromatic carbocycles. The molecule has 25 heavy (non-hydrogen) atoms. The maximum absolute atomic E-state index is 10.8. The molecule has 2 nitrogen and oxygen atoms in total. The van der Waals surface area contributed by atoms with E-state index in [1.54, 1.807) is 0 Å². The quantitative estimate of drug-likeness (QED) is 0.801. The van der Waals surface area contributed by atoms with Gasteiger partial charge in [0.25, 0.3) is 8.32 Å². The molecule has 2 unspecified atom stereocenters. The normalized spacial score (nSPS) is 23.5. The van der Waals surface area contributed by atoms with E-state index in [4.69, 9.17) is 4.43 Å². The Hall–Kier alpha value is -1.42. The van der Waals surface area contributed by atoms with Crippen LogP contribution in [0.3, 0.4) is 0 Å². The molecule has 0 amide bonds. The van der Waals surface area contributed by atoms with Crippen LogP contribution in [0.2, 0.25) is 5.04 Å². The van der Waals surface area contributed by atoms with Crippen LogP contribution in [0.1, 0.15) is 40.5 Å². The molecule has 1 saturated carbocycles. The summed E-state index contributed by atoms with van der Waals surface area (Å²) >= 11 is 0. The van der Waals surface area contributed by atoms with Gasteiger partial charge in [-0.2, -0.15) is 0 Å². The SMILES string of the molecule is CCC1CC1(O)CO[Si](c1ccccc1)(c1ccccc1)C(C)(C)C. The minimum Gasteiger partial charge on any atom is -0.404 e. The van der Waals surface area contributed by atoms with Gasteiger partial charge in [-0.05, 0) is 27.8 Å². The average molecular weight is 355 g/mol. The van der Waals surface area contributed by atoms with Gasteiger partial charge in [-0.3, -0.25) is 0 Å². The first-order valence-electron chi connectivity index (χ1n) is 9.31. The smallest absolute Gasteiger partial charge is 0.261 e. The summed E-state index contributed by atoms with van der Waals surface area (Å²) in [5.41, 5.74) is -0.637. The van der Waals surface area contributed by atoms with E-state index in [-0.39, 0.29) is 5.04 Å². The zero-order chi connectivity index (χ0) is 18.1. The van der Waals surface area contributed by atoms with E-state index in [0.29, 0.717) is 12.5 Å². The molecule has 3 heteroatoms. The molecule has 1 N–H and O–H groups in total. The van der Waals surface area contributed by atoms with Gasteiger partial charge in [0.1, 0.15) is 0 Å². The molecule has 0 aromatic heterocycles. The molecular weight excluding hydrogens is 324 g/mol. The first-order chi connectivity index (χ1) is 11.8. The summed E-state index contributed by atoms with van der Waals surface area (Å²) in [7, 11) is -2.52. The van der Waals surface area contributed by atoms with Gasteiger partial charge in [0, 0.05) is 0 Å². The third-order valence-electron chi connectivity index (χ3n) is 5.65. The van der Waals surface area contributed by atoms with Gasteiger partial charge in [-0.1, -0.05) is 94.8 Å². The van der Waals surface area contributed by atoms with Crippen LogP contribution in [0, 0.1) is 5.92 Å². The Balaban J connectivity index is 2.06. The van der Waals surface area contributed by atoms with E-state index in [1.807, 2.05) is 0 Å². The molecule has 2 aromatic rings. The predicted molar refractivity (Wildman–Crippen MR) is 107 cm³/mol. The lowest BCUT2D eigenvalue weighted by atomic mass is 10.2. The molecule has 134 valence electrons. The third kappa shape index (κ3) is 3.33. The Morgan fingerprint density at radius 3 is 1.84 bits per heavy atom. The Kier molecular flexibility index (Phi) is 4.93. The minimum absolute atomic E-state index is 0.0390. The highest BCUT2D eigenvalue weighted by molar-refractivity contribution is 6.99. The molecule has 3 rings (SSSR count). The second kappa shape index (κ2) is 6.71. The van der Waals surface area contributed by atoms with Gasteiger partial charge >= 0.3 is 0 Å². The van der Waals surface area contributed by atoms with Crippen molar-refractivity contribution in [3.05, 3.63) is 60.7 Å². The van der Waals surface area contributed by atoms with Gasteiger partial charge in [0.2, 0.25) is 0 Å². The van der Waals surface area contributed by atoms with Crippen molar-refractivity contribution < 1.29 is 9.53 Å². The Morgan fingerprint density at radius 2 is 1.48 bits per heavy atom. The van der Waals surface area contributed by atoms with Gasteiger partial charge in [-0.25, -0.2) is 0 Å². The van der Waals surface area contributed by atoms with E-state index >= 15 is 0 Å². The number of rotatable bonds is 6. The predicted octanol–water partition coefficient (Wildman–Crippen LogP) is 3.72. The van der Waals surface area contributed by atoms with Crippen LogP contribution in [0.25, 0.3) is 0 Å². The number of hydrogen-bond acceptors (Lipinski definition) is 2. The second-order valence-corrected chi connectivity index (χ2v) is 12.7. The molecule has 1 aliphatic rings. The van der Waals surface area contributed by atoms with Crippen LogP contribution < -0.4 is 10.4 Å². The Bertz CT molecular complexity index is 653. The summed E-state index contributed by atoms with van der Waals surface area (Å²) in [5, 5.41) is 13.3. The maximum atomic E-state index is 10.8. The molecule has 0 heterocycles. The van der Waals surface area contributed by atoms with Crippen molar-refractivity contribution in [3.8, 4) is 0 Å². The van der Waals surface area contributed by atoms with Gasteiger partial charge in [0.05, 0.1) is 12.2 Å². The molecule has 0 aliphatic heterocycles. The van der Waals surface area contributed by atoms with Crippen LogP contribution in [0.15, 0.2) is 60.7 Å². The molecule has 0 bridgehead atoms. The van der Waals surface area contributed by atoms with Crippen LogP contribution >= 0.6 is 0 Å². The summed E-state index contributed by atoms with van der Waals surface area (Å²) in [4.78, 5) is 0. The zero-order valence-corrected chi connectivity index (χ0v) is 16.8. The molecule has 0 spiro atoms. The minimum atomic E-state index is -2.52. The summed E-state index contributed by atoms with van der Waals surface area (Å²) < 4.78 is 6.81. The molecule has 0 saturated heterocycles. The summed E-state index contributed by atoms with van der Waals surface area (Å²) in [5.74, 6) is 0.380. The molecule has 2 atom stereocenters. The monoisotopic (exact) mass is 354 g/mol. The molecular formula is C22H30O2Si. The Labute approximate surface area is 153 Å². The fourth-order valence-corrected chi connectivity index (χ4v) is 8.69. The van der Waals surface area contributed by atoms with E-state index in [9.17, 15) is 5.11 Å². The van der Waals surface area contributed by atoms with E-state index < -0.39 is 13.9 Å². The lowest BCUT2D eigenvalue weighted by Gasteiger charge is -2.43. The second-order valence-electron chi connectivity index (χ2n) is 8.36. The third-order valence-corrected chi connectivity index (χ3v) is 10.6. The first kappa shape index (κ1) is 18.4. The van der Waals surface area contributed by atoms with Crippen molar-refractivity contribution in [2.24, 2.45) is 5.92 Å². The highest BCUT2D eigenvalue weighted by Gasteiger charge is 2.56. The van der Waals surface area contributed by atoms with Crippen LogP contribution in [-0.2, 0) is 4.43 Å². The van der Waals surface area contributed by atoms with E-state index in [0.717, 1.165) is 12.8 Å². The lowest BCUT2D eigenvalue weighted by Crippen LogP contribution is -2.67. The van der Waals surface area contributed by atoms with Crippen molar-refractivity contribution in [1.82, 2.24) is 0 Å². The van der Waals surface area contributed by atoms with Crippen molar-refractivity contribution in [2.45, 2.75) is 51.2 Å². The van der Waals surface area contributed by atoms with Gasteiger partial charge in [-0.15, -0.1) is 0 Å². The molecule has 1 fully saturated rings. The largest absolute Gasteiger partial charge is 0.404 e. The summed E-state index contributed by atoms with van der Waals surface area (Å²) in [6.07, 6.45) is 1.88. The summed E-state index contributed by atoms with van der Waals surface area (Å²) in [6, 6.07) is 21.3. The standard InChI is InChI=1S/C22H30O2Si/c1-5-18-16-22(18,23)17-24-25(21(2,3)4,19-12-8-6-9-13-19)20-14-10-7-11-15-20/h6-15,18,23H,5,16-17H2,1-4H3. The van der Waals surface area contributed by atoms with E-state index in [2.05, 4.69) is 88.4 Å². The number of benzene rings is 2. The highest BCUT2D eigenvalue weighted by Crippen LogP contribution is 2.47. The van der Waals surface area contributed by atoms with Crippen LogP contribution in [0.5, 0.6) is 0 Å². The lowest BCUT2D eigenvalue weighted by molar-refractivity contribution is 0.0657. The Morgan fingerprint density at radius 1 is 1.00 bits per heavy atom. The van der Waals surface area contributed by atoms with Gasteiger partial charge < -0.3 is 9.53 Å². The topological polar surface area (TPSA) is 29.5 Å². The van der Waals surface area contributed by atoms with E-state index in [1.165, 1.54) is 10.4 Å². The maximum Gasteiger partial charge on any atom is 0.261 e. The summed E-state index contributed by atoms with van der Waals surface area (Å²) in [6.45, 7) is 9.39. The number of aliphatic hydroxyl groups is 1. The highest BCUT2D eigenvalue weighted by atomic mass is 28.4. The van der Waals surface area contributed by atoms with Crippen LogP contribution in [0.4, 0.5) is 0 Å². The van der Waals surface area contributed by atoms with Crippen molar-refractivity contribution in [3.63, 3.8) is 0 Å². The van der Waals surface area contributed by atoms with Crippen LogP contribution in [-0.4, -0.2) is 25.6 Å². The van der Waals surface area contributed by atoms with Crippen molar-refractivity contribution in [2.75, 3.05) is 6.61 Å². The average Bonchev–Trinajstić information content (AvgIpc) is 3.27. The molecule has 0 radical (unpaired) electrons. The fraction of sp³-hybridized carbons (Fsp3) is 0.455. The zero-order valence-electron chi connectivity index (χ0n) is 15.8. The first-order valence-corrected chi connectivity index (χ1v) is 11.2. The number of hydrogen-bond donors (Lipinski definition) is 1. The molecule has 1 aliphatic carbocycles. The fourth-order valence-electron chi connectivity index (χ4n) is 4.06. The van der Waals surface area contributed by atoms with Crippen molar-refractivity contribution in [1.29, 1.82) is 0 Å².